The third-order valence-electron chi connectivity index (χ3n) is 3.84. The molecule has 0 spiro atoms. The maximum absolute atomic E-state index is 12.1. The minimum atomic E-state index is -1.21. The lowest BCUT2D eigenvalue weighted by atomic mass is 10.0. The Hall–Kier alpha value is -1.30. The van der Waals surface area contributed by atoms with Crippen molar-refractivity contribution < 1.29 is 14.7 Å². The Morgan fingerprint density at radius 2 is 1.85 bits per heavy atom. The summed E-state index contributed by atoms with van der Waals surface area (Å²) < 4.78 is 0. The number of aliphatic carboxylic acids is 1. The van der Waals surface area contributed by atoms with Crippen molar-refractivity contribution in [2.45, 2.75) is 52.6 Å². The zero-order chi connectivity index (χ0) is 15.9. The van der Waals surface area contributed by atoms with Gasteiger partial charge in [-0.05, 0) is 41.2 Å². The molecule has 0 saturated carbocycles. The number of hydrogen-bond donors (Lipinski definition) is 2. The van der Waals surface area contributed by atoms with Crippen molar-refractivity contribution in [1.82, 2.24) is 15.1 Å². The number of amides is 2. The summed E-state index contributed by atoms with van der Waals surface area (Å²) in [5.41, 5.74) is -1.21. The lowest BCUT2D eigenvalue weighted by molar-refractivity contribution is -0.147. The number of carbonyl (C=O) groups excluding carboxylic acids is 1. The number of nitrogens with zero attached hydrogens (tertiary/aromatic N) is 2. The second-order valence-corrected chi connectivity index (χ2v) is 5.58. The van der Waals surface area contributed by atoms with Crippen LogP contribution in [0.1, 0.15) is 41.0 Å². The number of carboxylic acids is 1. The average Bonchev–Trinajstić information content (AvgIpc) is 2.37. The highest BCUT2D eigenvalue weighted by molar-refractivity contribution is 5.85. The van der Waals surface area contributed by atoms with Gasteiger partial charge in [-0.3, -0.25) is 0 Å². The number of likely N-dealkylation sites (N-methyl/N-ethyl adjacent to an activating group) is 2. The van der Waals surface area contributed by atoms with Crippen LogP contribution >= 0.6 is 0 Å². The molecule has 0 bridgehead atoms. The van der Waals surface area contributed by atoms with Crippen LogP contribution < -0.4 is 5.32 Å². The molecule has 0 rings (SSSR count). The molecule has 6 heteroatoms. The summed E-state index contributed by atoms with van der Waals surface area (Å²) in [6.07, 6.45) is 1.05. The van der Waals surface area contributed by atoms with Gasteiger partial charge >= 0.3 is 12.0 Å². The van der Waals surface area contributed by atoms with Gasteiger partial charge in [-0.2, -0.15) is 0 Å². The number of rotatable bonds is 8. The van der Waals surface area contributed by atoms with E-state index in [9.17, 15) is 14.7 Å². The molecule has 0 aliphatic heterocycles. The van der Waals surface area contributed by atoms with Crippen LogP contribution in [0.3, 0.4) is 0 Å². The molecule has 0 radical (unpaired) electrons. The van der Waals surface area contributed by atoms with Crippen molar-refractivity contribution in [3.63, 3.8) is 0 Å². The molecule has 2 N–H and O–H groups in total. The first-order valence-electron chi connectivity index (χ1n) is 7.17. The van der Waals surface area contributed by atoms with E-state index in [1.54, 1.807) is 6.92 Å². The smallest absolute Gasteiger partial charge is 0.329 e. The highest BCUT2D eigenvalue weighted by Crippen LogP contribution is 2.14. The zero-order valence-corrected chi connectivity index (χ0v) is 13.6. The Labute approximate surface area is 122 Å². The van der Waals surface area contributed by atoms with Crippen LogP contribution in [0.15, 0.2) is 0 Å². The first-order chi connectivity index (χ1) is 9.18. The van der Waals surface area contributed by atoms with Crippen molar-refractivity contribution in [1.29, 1.82) is 0 Å². The number of carboxylic acid groups (broad SMARTS) is 1. The predicted molar refractivity (Wildman–Crippen MR) is 79.9 cm³/mol. The summed E-state index contributed by atoms with van der Waals surface area (Å²) in [7, 11) is 2.01. The maximum Gasteiger partial charge on any atom is 0.329 e. The van der Waals surface area contributed by atoms with E-state index in [2.05, 4.69) is 24.1 Å². The van der Waals surface area contributed by atoms with Crippen LogP contribution in [0, 0.1) is 0 Å². The lowest BCUT2D eigenvalue weighted by Gasteiger charge is -2.34. The molecule has 1 atom stereocenters. The topological polar surface area (TPSA) is 72.9 Å². The Kier molecular flexibility index (Phi) is 7.57. The van der Waals surface area contributed by atoms with Crippen molar-refractivity contribution in [2.75, 3.05) is 26.7 Å². The first kappa shape index (κ1) is 18.7. The Balaban J connectivity index is 4.42. The summed E-state index contributed by atoms with van der Waals surface area (Å²) in [5, 5.41) is 12.0. The molecule has 118 valence electrons. The fraction of sp³-hybridized carbons (Fsp3) is 0.857. The minimum absolute atomic E-state index is 0.336. The van der Waals surface area contributed by atoms with E-state index >= 15 is 0 Å². The highest BCUT2D eigenvalue weighted by Gasteiger charge is 2.36. The zero-order valence-electron chi connectivity index (χ0n) is 13.6. The number of carbonyl (C=O) groups is 2. The van der Waals surface area contributed by atoms with Crippen LogP contribution in [0.5, 0.6) is 0 Å². The predicted octanol–water partition coefficient (Wildman–Crippen LogP) is 1.61. The van der Waals surface area contributed by atoms with Crippen LogP contribution in [0.25, 0.3) is 0 Å². The van der Waals surface area contributed by atoms with Crippen molar-refractivity contribution in [3.05, 3.63) is 0 Å². The van der Waals surface area contributed by atoms with Gasteiger partial charge < -0.3 is 20.2 Å². The monoisotopic (exact) mass is 287 g/mol. The summed E-state index contributed by atoms with van der Waals surface area (Å²) in [5.74, 6) is -1.01. The van der Waals surface area contributed by atoms with Gasteiger partial charge in [0.25, 0.3) is 0 Å². The number of urea groups is 1. The Morgan fingerprint density at radius 1 is 1.30 bits per heavy atom. The van der Waals surface area contributed by atoms with Gasteiger partial charge in [-0.25, -0.2) is 9.59 Å². The molecule has 20 heavy (non-hydrogen) atoms. The molecule has 0 heterocycles. The van der Waals surface area contributed by atoms with Gasteiger partial charge in [0.15, 0.2) is 0 Å². The van der Waals surface area contributed by atoms with E-state index in [0.29, 0.717) is 19.1 Å². The second-order valence-electron chi connectivity index (χ2n) is 5.58. The van der Waals surface area contributed by atoms with Gasteiger partial charge in [0.05, 0.1) is 0 Å². The Bertz CT molecular complexity index is 332. The standard InChI is InChI=1S/C14H29N3O3/c1-7-11(3)16(6)10-9-15-13(20)17(8-2)14(4,5)12(18)19/h11H,7-10H2,1-6H3,(H,15,20)(H,18,19). The molecule has 6 nitrogen and oxygen atoms in total. The van der Waals surface area contributed by atoms with E-state index in [0.717, 1.165) is 13.0 Å². The normalized spacial score (nSPS) is 13.2. The second kappa shape index (κ2) is 8.09. The van der Waals surface area contributed by atoms with Gasteiger partial charge in [0.2, 0.25) is 0 Å². The van der Waals surface area contributed by atoms with E-state index < -0.39 is 11.5 Å². The van der Waals surface area contributed by atoms with Gasteiger partial charge in [0.1, 0.15) is 5.54 Å². The van der Waals surface area contributed by atoms with Crippen LogP contribution in [0.2, 0.25) is 0 Å². The molecule has 0 aliphatic carbocycles. The largest absolute Gasteiger partial charge is 0.480 e. The van der Waals surface area contributed by atoms with Gasteiger partial charge in [-0.15, -0.1) is 0 Å². The van der Waals surface area contributed by atoms with Crippen molar-refractivity contribution in [2.24, 2.45) is 0 Å². The third kappa shape index (κ3) is 5.00. The van der Waals surface area contributed by atoms with Gasteiger partial charge in [0, 0.05) is 25.7 Å². The van der Waals surface area contributed by atoms with E-state index in [1.807, 2.05) is 7.05 Å². The van der Waals surface area contributed by atoms with E-state index in [-0.39, 0.29) is 6.03 Å². The molecule has 1 unspecified atom stereocenters. The van der Waals surface area contributed by atoms with Crippen LogP contribution in [-0.4, -0.2) is 65.2 Å². The molecule has 2 amide bonds. The summed E-state index contributed by atoms with van der Waals surface area (Å²) in [6, 6.07) is 0.127. The highest BCUT2D eigenvalue weighted by atomic mass is 16.4. The summed E-state index contributed by atoms with van der Waals surface area (Å²) in [6.45, 7) is 10.7. The summed E-state index contributed by atoms with van der Waals surface area (Å²) in [4.78, 5) is 26.8. The Morgan fingerprint density at radius 3 is 2.25 bits per heavy atom. The minimum Gasteiger partial charge on any atom is -0.480 e. The number of nitrogens with one attached hydrogen (secondary N) is 1. The average molecular weight is 287 g/mol. The molecular formula is C14H29N3O3. The molecule has 0 aromatic heterocycles. The SMILES string of the molecule is CCC(C)N(C)CCNC(=O)N(CC)C(C)(C)C(=O)O. The lowest BCUT2D eigenvalue weighted by Crippen LogP contribution is -2.56. The molecule has 0 aliphatic rings. The summed E-state index contributed by atoms with van der Waals surface area (Å²) >= 11 is 0. The third-order valence-corrected chi connectivity index (χ3v) is 3.84. The van der Waals surface area contributed by atoms with Crippen molar-refractivity contribution in [3.8, 4) is 0 Å². The first-order valence-corrected chi connectivity index (χ1v) is 7.17. The fourth-order valence-electron chi connectivity index (χ4n) is 1.87. The molecule has 0 fully saturated rings. The molecule has 0 aromatic carbocycles. The maximum atomic E-state index is 12.1. The molecular weight excluding hydrogens is 258 g/mol. The van der Waals surface area contributed by atoms with Crippen LogP contribution in [-0.2, 0) is 4.79 Å². The molecule has 0 saturated heterocycles. The van der Waals surface area contributed by atoms with Crippen molar-refractivity contribution >= 4 is 12.0 Å². The van der Waals surface area contributed by atoms with Crippen LogP contribution in [0.4, 0.5) is 4.79 Å². The molecule has 0 aromatic rings. The van der Waals surface area contributed by atoms with Gasteiger partial charge in [-0.1, -0.05) is 6.92 Å². The quantitative estimate of drug-likeness (QED) is 0.711. The number of hydrogen-bond acceptors (Lipinski definition) is 3. The van der Waals surface area contributed by atoms with E-state index in [4.69, 9.17) is 0 Å². The van der Waals surface area contributed by atoms with E-state index in [1.165, 1.54) is 18.7 Å². The fourth-order valence-corrected chi connectivity index (χ4v) is 1.87.